The van der Waals surface area contributed by atoms with E-state index in [-0.39, 0.29) is 5.92 Å². The molecule has 2 aromatic carbocycles. The molecule has 7 nitrogen and oxygen atoms in total. The molecule has 5 rings (SSSR count). The first-order valence-electron chi connectivity index (χ1n) is 11.2. The van der Waals surface area contributed by atoms with E-state index in [9.17, 15) is 4.39 Å². The largest absolute Gasteiger partial charge is 0.497 e. The summed E-state index contributed by atoms with van der Waals surface area (Å²) in [5.74, 6) is 2.00. The number of fused-ring (bicyclic) bond motifs is 1. The van der Waals surface area contributed by atoms with Crippen LogP contribution in [0.4, 0.5) is 4.39 Å². The van der Waals surface area contributed by atoms with E-state index in [0.717, 1.165) is 48.3 Å². The van der Waals surface area contributed by atoms with Crippen molar-refractivity contribution in [2.75, 3.05) is 27.3 Å². The number of hydrogen-bond acceptors (Lipinski definition) is 7. The van der Waals surface area contributed by atoms with Crippen molar-refractivity contribution >= 4 is 16.8 Å². The molecule has 8 heteroatoms. The van der Waals surface area contributed by atoms with E-state index < -0.39 is 11.5 Å². The van der Waals surface area contributed by atoms with Crippen LogP contribution in [0.3, 0.4) is 0 Å². The molecular formula is C25H28FN3O4. The Hall–Kier alpha value is -3.26. The molecule has 2 aliphatic heterocycles. The van der Waals surface area contributed by atoms with Crippen LogP contribution in [-0.4, -0.2) is 43.8 Å². The Balaban J connectivity index is 1.59. The molecule has 3 aromatic rings. The summed E-state index contributed by atoms with van der Waals surface area (Å²) in [6.07, 6.45) is 3.06. The summed E-state index contributed by atoms with van der Waals surface area (Å²) < 4.78 is 30.6. The van der Waals surface area contributed by atoms with Crippen LogP contribution in [0.25, 0.3) is 11.0 Å². The number of hydrogen-bond donors (Lipinski definition) is 1. The van der Waals surface area contributed by atoms with Crippen LogP contribution in [0.2, 0.25) is 0 Å². The summed E-state index contributed by atoms with van der Waals surface area (Å²) in [6, 6.07) is 11.2. The highest BCUT2D eigenvalue weighted by atomic mass is 19.1. The molecule has 1 aromatic heterocycles. The lowest BCUT2D eigenvalue weighted by atomic mass is 9.84. The molecule has 0 aliphatic carbocycles. The number of halogens is 1. The maximum absolute atomic E-state index is 14.3. The first kappa shape index (κ1) is 21.6. The van der Waals surface area contributed by atoms with Crippen LogP contribution >= 0.6 is 0 Å². The van der Waals surface area contributed by atoms with Crippen molar-refractivity contribution in [3.63, 3.8) is 0 Å². The van der Waals surface area contributed by atoms with Crippen LogP contribution in [-0.2, 0) is 11.4 Å². The number of nitrogens with one attached hydrogen (secondary N) is 1. The van der Waals surface area contributed by atoms with Crippen LogP contribution in [0, 0.1) is 11.7 Å². The van der Waals surface area contributed by atoms with Gasteiger partial charge in [0.2, 0.25) is 5.72 Å². The molecule has 1 spiro atoms. The fourth-order valence-corrected chi connectivity index (χ4v) is 4.97. The Bertz CT molecular complexity index is 1190. The summed E-state index contributed by atoms with van der Waals surface area (Å²) >= 11 is 0. The Morgan fingerprint density at radius 1 is 1.21 bits per heavy atom. The summed E-state index contributed by atoms with van der Waals surface area (Å²) in [5, 5.41) is 8.46. The molecular weight excluding hydrogens is 425 g/mol. The highest BCUT2D eigenvalue weighted by Gasteiger charge is 2.53. The molecule has 0 saturated carbocycles. The second-order valence-corrected chi connectivity index (χ2v) is 8.48. The van der Waals surface area contributed by atoms with Gasteiger partial charge in [0.15, 0.2) is 11.7 Å². The van der Waals surface area contributed by atoms with E-state index >= 15 is 0 Å². The molecule has 0 amide bonds. The lowest BCUT2D eigenvalue weighted by Gasteiger charge is -2.45. The van der Waals surface area contributed by atoms with Gasteiger partial charge in [-0.25, -0.2) is 4.39 Å². The molecule has 2 unspecified atom stereocenters. The molecule has 1 fully saturated rings. The van der Waals surface area contributed by atoms with Crippen LogP contribution in [0.5, 0.6) is 11.5 Å². The van der Waals surface area contributed by atoms with Crippen molar-refractivity contribution < 1.29 is 23.1 Å². The highest BCUT2D eigenvalue weighted by molar-refractivity contribution is 6.02. The minimum absolute atomic E-state index is 0.277. The maximum atomic E-state index is 14.3. The van der Waals surface area contributed by atoms with Gasteiger partial charge in [0, 0.05) is 23.1 Å². The highest BCUT2D eigenvalue weighted by Crippen LogP contribution is 2.41. The van der Waals surface area contributed by atoms with Gasteiger partial charge in [-0.05, 0) is 49.7 Å². The second-order valence-electron chi connectivity index (χ2n) is 8.48. The van der Waals surface area contributed by atoms with Crippen molar-refractivity contribution in [1.29, 1.82) is 0 Å². The van der Waals surface area contributed by atoms with Crippen molar-refractivity contribution in [2.45, 2.75) is 32.0 Å². The Morgan fingerprint density at radius 3 is 2.88 bits per heavy atom. The average Bonchev–Trinajstić information content (AvgIpc) is 3.40. The summed E-state index contributed by atoms with van der Waals surface area (Å²) in [5.41, 5.74) is 1.61. The number of methoxy groups -OCH3 is 2. The zero-order valence-electron chi connectivity index (χ0n) is 19.1. The van der Waals surface area contributed by atoms with E-state index in [2.05, 4.69) is 22.3 Å². The van der Waals surface area contributed by atoms with E-state index in [4.69, 9.17) is 18.7 Å². The first-order chi connectivity index (χ1) is 16.1. The lowest BCUT2D eigenvalue weighted by Crippen LogP contribution is -2.62. The normalized spacial score (nSPS) is 22.5. The third kappa shape index (κ3) is 3.58. The summed E-state index contributed by atoms with van der Waals surface area (Å²) in [6.45, 7) is 4.26. The number of piperidine rings is 1. The molecule has 2 aliphatic rings. The monoisotopic (exact) mass is 453 g/mol. The van der Waals surface area contributed by atoms with Gasteiger partial charge >= 0.3 is 0 Å². The SMILES string of the molecule is CCC1CCNCC12ON=C(c1ccc3occ(F)c3c1)N2Cc1ccc(OC)cc1OC. The number of oxime groups is 1. The zero-order valence-corrected chi connectivity index (χ0v) is 19.1. The van der Waals surface area contributed by atoms with E-state index in [1.807, 2.05) is 24.3 Å². The Labute approximate surface area is 192 Å². The standard InChI is InChI=1S/C25H28FN3O4/c1-4-18-9-10-27-15-25(18)29(13-17-5-7-19(30-2)12-23(17)31-3)24(28-33-25)16-6-8-22-20(11-16)21(26)14-32-22/h5-8,11-12,14,18,27H,4,9-10,13,15H2,1-3H3. The van der Waals surface area contributed by atoms with Gasteiger partial charge in [-0.1, -0.05) is 12.1 Å². The Morgan fingerprint density at radius 2 is 2.09 bits per heavy atom. The number of benzene rings is 2. The molecule has 0 bridgehead atoms. The number of ether oxygens (including phenoxy) is 2. The molecule has 1 saturated heterocycles. The van der Waals surface area contributed by atoms with Gasteiger partial charge in [0.25, 0.3) is 0 Å². The fraction of sp³-hybridized carbons (Fsp3) is 0.400. The first-order valence-corrected chi connectivity index (χ1v) is 11.2. The van der Waals surface area contributed by atoms with Gasteiger partial charge < -0.3 is 28.9 Å². The predicted molar refractivity (Wildman–Crippen MR) is 123 cm³/mol. The smallest absolute Gasteiger partial charge is 0.227 e. The minimum Gasteiger partial charge on any atom is -0.497 e. The second kappa shape index (κ2) is 8.59. The number of amidine groups is 1. The van der Waals surface area contributed by atoms with Crippen molar-refractivity contribution in [3.05, 3.63) is 59.6 Å². The van der Waals surface area contributed by atoms with Gasteiger partial charge in [-0.15, -0.1) is 0 Å². The molecule has 174 valence electrons. The number of furan rings is 1. The van der Waals surface area contributed by atoms with Gasteiger partial charge in [-0.2, -0.15) is 0 Å². The van der Waals surface area contributed by atoms with Gasteiger partial charge in [0.05, 0.1) is 32.7 Å². The van der Waals surface area contributed by atoms with Crippen molar-refractivity contribution in [2.24, 2.45) is 11.1 Å². The third-order valence-electron chi connectivity index (χ3n) is 6.79. The van der Waals surface area contributed by atoms with E-state index in [1.54, 1.807) is 26.4 Å². The number of nitrogens with zero attached hydrogens (tertiary/aromatic N) is 2. The fourth-order valence-electron chi connectivity index (χ4n) is 4.97. The molecule has 1 N–H and O–H groups in total. The molecule has 33 heavy (non-hydrogen) atoms. The van der Waals surface area contributed by atoms with E-state index in [1.165, 1.54) is 0 Å². The number of rotatable bonds is 6. The van der Waals surface area contributed by atoms with Crippen molar-refractivity contribution in [3.8, 4) is 11.5 Å². The predicted octanol–water partition coefficient (Wildman–Crippen LogP) is 4.50. The maximum Gasteiger partial charge on any atom is 0.227 e. The third-order valence-corrected chi connectivity index (χ3v) is 6.79. The van der Waals surface area contributed by atoms with Crippen LogP contribution < -0.4 is 14.8 Å². The van der Waals surface area contributed by atoms with Crippen molar-refractivity contribution in [1.82, 2.24) is 10.2 Å². The van der Waals surface area contributed by atoms with E-state index in [0.29, 0.717) is 29.9 Å². The zero-order chi connectivity index (χ0) is 23.0. The van der Waals surface area contributed by atoms with Crippen LogP contribution in [0.15, 0.2) is 52.2 Å². The average molecular weight is 454 g/mol. The molecule has 2 atom stereocenters. The molecule has 0 radical (unpaired) electrons. The Kier molecular flexibility index (Phi) is 5.62. The molecule has 3 heterocycles. The summed E-state index contributed by atoms with van der Waals surface area (Å²) in [4.78, 5) is 8.44. The lowest BCUT2D eigenvalue weighted by molar-refractivity contribution is -0.152. The topological polar surface area (TPSA) is 68.5 Å². The van der Waals surface area contributed by atoms with Gasteiger partial charge in [0.1, 0.15) is 23.3 Å². The minimum atomic E-state index is -0.642. The summed E-state index contributed by atoms with van der Waals surface area (Å²) in [7, 11) is 3.28. The quantitative estimate of drug-likeness (QED) is 0.593. The van der Waals surface area contributed by atoms with Gasteiger partial charge in [-0.3, -0.25) is 0 Å². The van der Waals surface area contributed by atoms with Crippen LogP contribution in [0.1, 0.15) is 30.9 Å².